The standard InChI is InChI=1S/C23H30ClN3O4S/c1-5-21(23(29)25-17(2)3)26(15-18-9-7-6-8-10-18)22(28)16-27(32(4,30)31)20-13-11-19(24)12-14-20/h6-14,17,21H,5,15-16H2,1-4H3,(H,25,29)/t21-/m0/s1. The number of anilines is 1. The van der Waals surface area contributed by atoms with Crippen LogP contribution in [0.4, 0.5) is 5.69 Å². The van der Waals surface area contributed by atoms with Crippen molar-refractivity contribution in [3.8, 4) is 0 Å². The third-order valence-electron chi connectivity index (χ3n) is 4.81. The Labute approximate surface area is 195 Å². The Balaban J connectivity index is 2.40. The summed E-state index contributed by atoms with van der Waals surface area (Å²) in [4.78, 5) is 27.8. The molecule has 174 valence electrons. The van der Waals surface area contributed by atoms with Crippen molar-refractivity contribution in [2.24, 2.45) is 0 Å². The number of carbonyl (C=O) groups is 2. The molecule has 0 bridgehead atoms. The van der Waals surface area contributed by atoms with Crippen LogP contribution < -0.4 is 9.62 Å². The smallest absolute Gasteiger partial charge is 0.244 e. The Hall–Kier alpha value is -2.58. The molecular weight excluding hydrogens is 450 g/mol. The van der Waals surface area contributed by atoms with Crippen molar-refractivity contribution in [2.45, 2.75) is 45.8 Å². The number of sulfonamides is 1. The van der Waals surface area contributed by atoms with Crippen LogP contribution in [0.25, 0.3) is 0 Å². The van der Waals surface area contributed by atoms with Crippen LogP contribution in [0.5, 0.6) is 0 Å². The van der Waals surface area contributed by atoms with Gasteiger partial charge in [-0.15, -0.1) is 0 Å². The molecule has 1 N–H and O–H groups in total. The molecule has 0 aromatic heterocycles. The summed E-state index contributed by atoms with van der Waals surface area (Å²) in [7, 11) is -3.76. The summed E-state index contributed by atoms with van der Waals surface area (Å²) >= 11 is 5.93. The van der Waals surface area contributed by atoms with E-state index in [1.165, 1.54) is 4.90 Å². The zero-order valence-corrected chi connectivity index (χ0v) is 20.4. The molecule has 0 saturated heterocycles. The largest absolute Gasteiger partial charge is 0.352 e. The monoisotopic (exact) mass is 479 g/mol. The second-order valence-corrected chi connectivity index (χ2v) is 10.2. The van der Waals surface area contributed by atoms with E-state index in [0.29, 0.717) is 17.1 Å². The second kappa shape index (κ2) is 11.3. The van der Waals surface area contributed by atoms with Crippen LogP contribution in [0.1, 0.15) is 32.8 Å². The van der Waals surface area contributed by atoms with Gasteiger partial charge in [0.05, 0.1) is 11.9 Å². The normalized spacial score (nSPS) is 12.3. The fourth-order valence-electron chi connectivity index (χ4n) is 3.30. The lowest BCUT2D eigenvalue weighted by Crippen LogP contribution is -2.53. The Morgan fingerprint density at radius 2 is 1.62 bits per heavy atom. The molecule has 32 heavy (non-hydrogen) atoms. The number of rotatable bonds is 10. The highest BCUT2D eigenvalue weighted by atomic mass is 35.5. The maximum absolute atomic E-state index is 13.4. The summed E-state index contributed by atoms with van der Waals surface area (Å²) < 4.78 is 26.0. The van der Waals surface area contributed by atoms with Crippen molar-refractivity contribution in [1.29, 1.82) is 0 Å². The van der Waals surface area contributed by atoms with E-state index < -0.39 is 28.5 Å². The second-order valence-electron chi connectivity index (χ2n) is 7.84. The first-order valence-corrected chi connectivity index (χ1v) is 12.6. The number of nitrogens with one attached hydrogen (secondary N) is 1. The summed E-state index contributed by atoms with van der Waals surface area (Å²) in [6, 6.07) is 14.7. The molecule has 2 aromatic rings. The average molecular weight is 480 g/mol. The molecular formula is C23H30ClN3O4S. The van der Waals surface area contributed by atoms with Crippen molar-refractivity contribution in [3.63, 3.8) is 0 Å². The van der Waals surface area contributed by atoms with Crippen molar-refractivity contribution >= 4 is 39.1 Å². The average Bonchev–Trinajstić information content (AvgIpc) is 2.72. The van der Waals surface area contributed by atoms with E-state index in [2.05, 4.69) is 5.32 Å². The molecule has 0 heterocycles. The molecule has 9 heteroatoms. The summed E-state index contributed by atoms with van der Waals surface area (Å²) in [5.74, 6) is -0.746. The van der Waals surface area contributed by atoms with Gasteiger partial charge in [0.1, 0.15) is 12.6 Å². The molecule has 0 unspecified atom stereocenters. The number of benzene rings is 2. The summed E-state index contributed by atoms with van der Waals surface area (Å²) in [6.45, 7) is 5.27. The predicted molar refractivity (Wildman–Crippen MR) is 128 cm³/mol. The lowest BCUT2D eigenvalue weighted by Gasteiger charge is -2.33. The Kier molecular flexibility index (Phi) is 9.09. The maximum atomic E-state index is 13.4. The first-order chi connectivity index (χ1) is 15.0. The van der Waals surface area contributed by atoms with Gasteiger partial charge in [-0.25, -0.2) is 8.42 Å². The van der Waals surface area contributed by atoms with Gasteiger partial charge in [-0.2, -0.15) is 0 Å². The summed E-state index contributed by atoms with van der Waals surface area (Å²) in [6.07, 6.45) is 1.43. The van der Waals surface area contributed by atoms with Crippen molar-refractivity contribution < 1.29 is 18.0 Å². The summed E-state index contributed by atoms with van der Waals surface area (Å²) in [5, 5.41) is 3.31. The Morgan fingerprint density at radius 1 is 1.03 bits per heavy atom. The molecule has 0 aliphatic heterocycles. The molecule has 1 atom stereocenters. The van der Waals surface area contributed by atoms with E-state index in [-0.39, 0.29) is 18.5 Å². The van der Waals surface area contributed by atoms with E-state index in [9.17, 15) is 18.0 Å². The molecule has 0 aliphatic carbocycles. The fourth-order valence-corrected chi connectivity index (χ4v) is 4.28. The zero-order chi connectivity index (χ0) is 23.9. The number of hydrogen-bond acceptors (Lipinski definition) is 4. The Bertz CT molecular complexity index is 1010. The minimum absolute atomic E-state index is 0.0909. The molecule has 0 aliphatic rings. The molecule has 0 fully saturated rings. The topological polar surface area (TPSA) is 86.8 Å². The van der Waals surface area contributed by atoms with Crippen LogP contribution in [0.15, 0.2) is 54.6 Å². The molecule has 0 spiro atoms. The number of carbonyl (C=O) groups excluding carboxylic acids is 2. The number of hydrogen-bond donors (Lipinski definition) is 1. The maximum Gasteiger partial charge on any atom is 0.244 e. The van der Waals surface area contributed by atoms with Crippen LogP contribution in [-0.4, -0.2) is 50.0 Å². The minimum Gasteiger partial charge on any atom is -0.352 e. The van der Waals surface area contributed by atoms with Gasteiger partial charge in [0.25, 0.3) is 0 Å². The SMILES string of the molecule is CC[C@@H](C(=O)NC(C)C)N(Cc1ccccc1)C(=O)CN(c1ccc(Cl)cc1)S(C)(=O)=O. The number of nitrogens with zero attached hydrogens (tertiary/aromatic N) is 2. The molecule has 2 rings (SSSR count). The molecule has 2 aromatic carbocycles. The van der Waals surface area contributed by atoms with Gasteiger partial charge < -0.3 is 10.2 Å². The lowest BCUT2D eigenvalue weighted by molar-refractivity contribution is -0.140. The summed E-state index contributed by atoms with van der Waals surface area (Å²) in [5.41, 5.74) is 1.17. The number of amides is 2. The van der Waals surface area contributed by atoms with Gasteiger partial charge in [0.2, 0.25) is 21.8 Å². The van der Waals surface area contributed by atoms with Crippen molar-refractivity contribution in [2.75, 3.05) is 17.1 Å². The molecule has 0 saturated carbocycles. The minimum atomic E-state index is -3.76. The zero-order valence-electron chi connectivity index (χ0n) is 18.8. The highest BCUT2D eigenvalue weighted by Gasteiger charge is 2.31. The van der Waals surface area contributed by atoms with Gasteiger partial charge in [0.15, 0.2) is 0 Å². The van der Waals surface area contributed by atoms with E-state index >= 15 is 0 Å². The third kappa shape index (κ3) is 7.24. The quantitative estimate of drug-likeness (QED) is 0.565. The van der Waals surface area contributed by atoms with Crippen LogP contribution in [0.2, 0.25) is 5.02 Å². The van der Waals surface area contributed by atoms with Gasteiger partial charge in [-0.05, 0) is 50.1 Å². The van der Waals surface area contributed by atoms with Crippen molar-refractivity contribution in [3.05, 3.63) is 65.2 Å². The van der Waals surface area contributed by atoms with E-state index in [0.717, 1.165) is 16.1 Å². The molecule has 7 nitrogen and oxygen atoms in total. The van der Waals surface area contributed by atoms with E-state index in [4.69, 9.17) is 11.6 Å². The fraction of sp³-hybridized carbons (Fsp3) is 0.391. The van der Waals surface area contributed by atoms with Crippen LogP contribution >= 0.6 is 11.6 Å². The van der Waals surface area contributed by atoms with Crippen LogP contribution in [0.3, 0.4) is 0 Å². The van der Waals surface area contributed by atoms with Gasteiger partial charge in [-0.3, -0.25) is 13.9 Å². The molecule has 0 radical (unpaired) electrons. The first kappa shape index (κ1) is 25.7. The van der Waals surface area contributed by atoms with Gasteiger partial charge >= 0.3 is 0 Å². The highest BCUT2D eigenvalue weighted by Crippen LogP contribution is 2.21. The van der Waals surface area contributed by atoms with Crippen LogP contribution in [-0.2, 0) is 26.2 Å². The predicted octanol–water partition coefficient (Wildman–Crippen LogP) is 3.44. The molecule has 2 amide bonds. The Morgan fingerprint density at radius 3 is 2.12 bits per heavy atom. The van der Waals surface area contributed by atoms with Gasteiger partial charge in [-0.1, -0.05) is 48.9 Å². The van der Waals surface area contributed by atoms with Crippen molar-refractivity contribution in [1.82, 2.24) is 10.2 Å². The lowest BCUT2D eigenvalue weighted by atomic mass is 10.1. The van der Waals surface area contributed by atoms with Gasteiger partial charge in [0, 0.05) is 17.6 Å². The van der Waals surface area contributed by atoms with E-state index in [1.807, 2.05) is 51.1 Å². The third-order valence-corrected chi connectivity index (χ3v) is 6.20. The van der Waals surface area contributed by atoms with E-state index in [1.54, 1.807) is 24.3 Å². The first-order valence-electron chi connectivity index (χ1n) is 10.4. The highest BCUT2D eigenvalue weighted by molar-refractivity contribution is 7.92. The number of halogens is 1. The van der Waals surface area contributed by atoms with Crippen LogP contribution in [0, 0.1) is 0 Å².